The Kier molecular flexibility index (Phi) is 12.5. The Balaban J connectivity index is 2.12. The average Bonchev–Trinajstić information content (AvgIpc) is 2.81. The van der Waals surface area contributed by atoms with Gasteiger partial charge < -0.3 is 24.8 Å². The summed E-state index contributed by atoms with van der Waals surface area (Å²) in [6, 6.07) is 12.8. The molecule has 39 heavy (non-hydrogen) atoms. The van der Waals surface area contributed by atoms with Gasteiger partial charge in [0.15, 0.2) is 6.79 Å². The van der Waals surface area contributed by atoms with E-state index in [2.05, 4.69) is 13.8 Å². The van der Waals surface area contributed by atoms with Crippen LogP contribution in [0.25, 0.3) is 0 Å². The van der Waals surface area contributed by atoms with Crippen LogP contribution < -0.4 is 4.74 Å². The van der Waals surface area contributed by atoms with Gasteiger partial charge in [-0.3, -0.25) is 29.0 Å². The molecule has 0 bridgehead atoms. The monoisotopic (exact) mass is 544 g/mol. The van der Waals surface area contributed by atoms with Crippen LogP contribution >= 0.6 is 0 Å². The molecule has 0 saturated heterocycles. The zero-order chi connectivity index (χ0) is 28.9. The summed E-state index contributed by atoms with van der Waals surface area (Å²) in [6.45, 7) is 4.76. The van der Waals surface area contributed by atoms with E-state index in [-0.39, 0.29) is 51.3 Å². The van der Waals surface area contributed by atoms with Crippen molar-refractivity contribution in [3.05, 3.63) is 64.7 Å². The highest BCUT2D eigenvalue weighted by Gasteiger charge is 2.17. The van der Waals surface area contributed by atoms with E-state index in [0.29, 0.717) is 11.3 Å². The maximum Gasteiger partial charge on any atom is 0.317 e. The molecule has 0 spiro atoms. The summed E-state index contributed by atoms with van der Waals surface area (Å²) in [5.74, 6) is -2.74. The summed E-state index contributed by atoms with van der Waals surface area (Å²) in [5, 5.41) is 27.5. The normalized spacial score (nSPS) is 11.2. The van der Waals surface area contributed by atoms with E-state index in [1.165, 1.54) is 11.8 Å². The summed E-state index contributed by atoms with van der Waals surface area (Å²) in [6.07, 6.45) is 0. The molecule has 0 amide bonds. The van der Waals surface area contributed by atoms with Crippen molar-refractivity contribution >= 4 is 23.7 Å². The summed E-state index contributed by atoms with van der Waals surface area (Å²) < 4.78 is 11.6. The third-order valence-corrected chi connectivity index (χ3v) is 5.74. The van der Waals surface area contributed by atoms with Crippen molar-refractivity contribution in [1.82, 2.24) is 9.80 Å². The number of ether oxygens (including phenoxy) is 2. The second kappa shape index (κ2) is 15.6. The Labute approximate surface area is 227 Å². The third kappa shape index (κ3) is 11.6. The van der Waals surface area contributed by atoms with Crippen LogP contribution in [0.1, 0.15) is 48.9 Å². The highest BCUT2D eigenvalue weighted by Crippen LogP contribution is 2.23. The molecular formula is C28H36N2O9. The molecule has 0 unspecified atom stereocenters. The maximum atomic E-state index is 11.7. The number of aliphatic carboxylic acids is 3. The molecule has 0 aliphatic rings. The van der Waals surface area contributed by atoms with Crippen molar-refractivity contribution in [2.24, 2.45) is 0 Å². The fourth-order valence-electron chi connectivity index (χ4n) is 4.03. The van der Waals surface area contributed by atoms with Gasteiger partial charge in [0, 0.05) is 18.7 Å². The molecule has 0 saturated carbocycles. The number of hydrogen-bond acceptors (Lipinski definition) is 8. The lowest BCUT2D eigenvalue weighted by Gasteiger charge is -2.22. The van der Waals surface area contributed by atoms with E-state index in [1.54, 1.807) is 29.2 Å². The molecular weight excluding hydrogens is 508 g/mol. The summed E-state index contributed by atoms with van der Waals surface area (Å²) in [4.78, 5) is 48.1. The molecule has 3 N–H and O–H groups in total. The molecule has 0 heterocycles. The molecule has 0 aromatic heterocycles. The van der Waals surface area contributed by atoms with Crippen molar-refractivity contribution in [2.75, 3.05) is 33.0 Å². The topological polar surface area (TPSA) is 154 Å². The number of para-hydroxylation sites is 1. The first-order valence-corrected chi connectivity index (χ1v) is 12.4. The average molecular weight is 545 g/mol. The maximum absolute atomic E-state index is 11.7. The number of rotatable bonds is 18. The molecule has 212 valence electrons. The van der Waals surface area contributed by atoms with Crippen LogP contribution in [0.2, 0.25) is 0 Å². The van der Waals surface area contributed by atoms with Crippen LogP contribution in [0.5, 0.6) is 5.75 Å². The zero-order valence-corrected chi connectivity index (χ0v) is 22.5. The number of Topliss-reactive ketones (excluding diaryl/α,β-unsaturated/α-hetero) is 1. The van der Waals surface area contributed by atoms with E-state index in [9.17, 15) is 24.3 Å². The van der Waals surface area contributed by atoms with Crippen molar-refractivity contribution in [3.8, 4) is 5.75 Å². The highest BCUT2D eigenvalue weighted by molar-refractivity contribution is 5.78. The fourth-order valence-corrected chi connectivity index (χ4v) is 4.03. The largest absolute Gasteiger partial charge is 0.480 e. The van der Waals surface area contributed by atoms with Gasteiger partial charge in [-0.2, -0.15) is 0 Å². The van der Waals surface area contributed by atoms with Crippen molar-refractivity contribution < 1.29 is 44.0 Å². The van der Waals surface area contributed by atoms with Crippen LogP contribution in [0.3, 0.4) is 0 Å². The van der Waals surface area contributed by atoms with Gasteiger partial charge in [-0.25, -0.2) is 0 Å². The number of ketones is 1. The predicted octanol–water partition coefficient (Wildman–Crippen LogP) is 2.81. The molecule has 11 nitrogen and oxygen atoms in total. The quantitative estimate of drug-likeness (QED) is 0.187. The predicted molar refractivity (Wildman–Crippen MR) is 141 cm³/mol. The number of hydrogen-bond donors (Lipinski definition) is 3. The standard InChI is InChI=1S/C28H36N2O9/c1-19(2)21-8-9-22(12-29(11-20(3)31)14-26(32)33)24(10-21)17-38-18-39-25-7-5-4-6-23(25)13-30(15-27(34)35)16-28(36)37/h4-10,19H,11-18H2,1-3H3,(H,32,33)(H,34,35)(H,36,37). The summed E-state index contributed by atoms with van der Waals surface area (Å²) in [5.41, 5.74) is 3.36. The third-order valence-electron chi connectivity index (χ3n) is 5.74. The fraction of sp³-hybridized carbons (Fsp3) is 0.429. The van der Waals surface area contributed by atoms with Crippen LogP contribution in [0, 0.1) is 0 Å². The molecule has 2 aromatic rings. The first kappa shape index (κ1) is 31.4. The Hall–Kier alpha value is -3.80. The van der Waals surface area contributed by atoms with Crippen LogP contribution in [-0.2, 0) is 43.6 Å². The molecule has 2 rings (SSSR count). The lowest BCUT2D eigenvalue weighted by Crippen LogP contribution is -2.34. The van der Waals surface area contributed by atoms with Crippen molar-refractivity contribution in [1.29, 1.82) is 0 Å². The van der Waals surface area contributed by atoms with E-state index in [1.807, 2.05) is 18.2 Å². The second-order valence-corrected chi connectivity index (χ2v) is 9.57. The number of carbonyl (C=O) groups excluding carboxylic acids is 1. The van der Waals surface area contributed by atoms with Gasteiger partial charge in [0.25, 0.3) is 0 Å². The smallest absolute Gasteiger partial charge is 0.317 e. The molecule has 0 fully saturated rings. The van der Waals surface area contributed by atoms with Crippen LogP contribution in [-0.4, -0.2) is 81.8 Å². The second-order valence-electron chi connectivity index (χ2n) is 9.57. The summed E-state index contributed by atoms with van der Waals surface area (Å²) in [7, 11) is 0. The Morgan fingerprint density at radius 3 is 1.90 bits per heavy atom. The Morgan fingerprint density at radius 2 is 1.33 bits per heavy atom. The van der Waals surface area contributed by atoms with Crippen LogP contribution in [0.4, 0.5) is 0 Å². The van der Waals surface area contributed by atoms with Gasteiger partial charge in [0.05, 0.1) is 32.8 Å². The van der Waals surface area contributed by atoms with Gasteiger partial charge in [0.2, 0.25) is 0 Å². The van der Waals surface area contributed by atoms with E-state index in [0.717, 1.165) is 16.7 Å². The molecule has 2 aromatic carbocycles. The first-order valence-electron chi connectivity index (χ1n) is 12.4. The number of carboxylic acid groups (broad SMARTS) is 3. The van der Waals surface area contributed by atoms with Crippen molar-refractivity contribution in [2.45, 2.75) is 46.4 Å². The Bertz CT molecular complexity index is 1120. The zero-order valence-electron chi connectivity index (χ0n) is 22.5. The molecule has 0 aliphatic carbocycles. The Morgan fingerprint density at radius 1 is 0.769 bits per heavy atom. The van der Waals surface area contributed by atoms with Gasteiger partial charge >= 0.3 is 17.9 Å². The minimum absolute atomic E-state index is 0.0131. The number of benzene rings is 2. The minimum Gasteiger partial charge on any atom is -0.480 e. The lowest BCUT2D eigenvalue weighted by atomic mass is 9.97. The molecule has 0 aliphatic heterocycles. The SMILES string of the molecule is CC(=O)CN(CC(=O)O)Cc1ccc(C(C)C)cc1COCOc1ccccc1CN(CC(=O)O)CC(=O)O. The van der Waals surface area contributed by atoms with Gasteiger partial charge in [-0.05, 0) is 35.6 Å². The number of carboxylic acids is 3. The number of carbonyl (C=O) groups is 4. The van der Waals surface area contributed by atoms with E-state index in [4.69, 9.17) is 19.7 Å². The summed E-state index contributed by atoms with van der Waals surface area (Å²) >= 11 is 0. The highest BCUT2D eigenvalue weighted by atomic mass is 16.7. The molecule has 11 heteroatoms. The molecule has 0 radical (unpaired) electrons. The van der Waals surface area contributed by atoms with E-state index >= 15 is 0 Å². The van der Waals surface area contributed by atoms with Crippen molar-refractivity contribution in [3.63, 3.8) is 0 Å². The lowest BCUT2D eigenvalue weighted by molar-refractivity contribution is -0.142. The minimum atomic E-state index is -1.14. The van der Waals surface area contributed by atoms with E-state index < -0.39 is 31.0 Å². The van der Waals surface area contributed by atoms with Gasteiger partial charge in [-0.1, -0.05) is 50.2 Å². The van der Waals surface area contributed by atoms with Gasteiger partial charge in [-0.15, -0.1) is 0 Å². The molecule has 0 atom stereocenters. The van der Waals surface area contributed by atoms with Gasteiger partial charge in [0.1, 0.15) is 11.5 Å². The first-order chi connectivity index (χ1) is 18.4. The number of nitrogens with zero attached hydrogens (tertiary/aromatic N) is 2. The van der Waals surface area contributed by atoms with Crippen LogP contribution in [0.15, 0.2) is 42.5 Å².